The monoisotopic (exact) mass is 288 g/mol. The molecule has 0 radical (unpaired) electrons. The van der Waals surface area contributed by atoms with Crippen LogP contribution >= 0.6 is 0 Å². The topological polar surface area (TPSA) is 16.1 Å². The molecule has 2 fully saturated rings. The molecule has 21 heavy (non-hydrogen) atoms. The first kappa shape index (κ1) is 13.1. The van der Waals surface area contributed by atoms with Gasteiger partial charge in [0.15, 0.2) is 11.6 Å². The number of hydrogen-bond acceptors (Lipinski definition) is 2. The molecule has 2 saturated heterocycles. The van der Waals surface area contributed by atoms with E-state index in [9.17, 15) is 8.78 Å². The van der Waals surface area contributed by atoms with Crippen LogP contribution in [0.1, 0.15) is 37.2 Å². The third-order valence-corrected chi connectivity index (χ3v) is 5.34. The maximum atomic E-state index is 13.9. The van der Waals surface area contributed by atoms with Crippen molar-refractivity contribution >= 4 is 10.9 Å². The number of fused-ring (bicyclic) bond motifs is 3. The summed E-state index contributed by atoms with van der Waals surface area (Å²) >= 11 is 0. The van der Waals surface area contributed by atoms with Crippen LogP contribution in [0.25, 0.3) is 10.9 Å². The first-order chi connectivity index (χ1) is 10.1. The SMILES string of the molecule is CN1C2CCC1CC(c1cnc3ccc(F)c(F)c3c1)C2. The van der Waals surface area contributed by atoms with E-state index in [-0.39, 0.29) is 0 Å². The summed E-state index contributed by atoms with van der Waals surface area (Å²) in [5.41, 5.74) is 1.57. The van der Waals surface area contributed by atoms with Crippen molar-refractivity contribution in [2.75, 3.05) is 7.05 Å². The summed E-state index contributed by atoms with van der Waals surface area (Å²) in [6.07, 6.45) is 6.53. The van der Waals surface area contributed by atoms with Crippen LogP contribution in [-0.4, -0.2) is 29.0 Å². The number of aromatic nitrogens is 1. The molecule has 2 nitrogen and oxygen atoms in total. The van der Waals surface area contributed by atoms with Gasteiger partial charge in [0.2, 0.25) is 0 Å². The highest BCUT2D eigenvalue weighted by Gasteiger charge is 2.38. The van der Waals surface area contributed by atoms with Gasteiger partial charge in [-0.3, -0.25) is 4.98 Å². The lowest BCUT2D eigenvalue weighted by Gasteiger charge is -2.36. The quantitative estimate of drug-likeness (QED) is 0.792. The van der Waals surface area contributed by atoms with Crippen LogP contribution < -0.4 is 0 Å². The van der Waals surface area contributed by atoms with Gasteiger partial charge in [-0.15, -0.1) is 0 Å². The zero-order chi connectivity index (χ0) is 14.6. The molecule has 1 aromatic heterocycles. The third-order valence-electron chi connectivity index (χ3n) is 5.34. The van der Waals surface area contributed by atoms with Crippen LogP contribution in [0, 0.1) is 11.6 Å². The Balaban J connectivity index is 1.73. The summed E-state index contributed by atoms with van der Waals surface area (Å²) in [4.78, 5) is 6.80. The minimum Gasteiger partial charge on any atom is -0.300 e. The fraction of sp³-hybridized carbons (Fsp3) is 0.471. The van der Waals surface area contributed by atoms with E-state index in [1.807, 2.05) is 6.20 Å². The lowest BCUT2D eigenvalue weighted by atomic mass is 9.85. The average molecular weight is 288 g/mol. The van der Waals surface area contributed by atoms with Crippen molar-refractivity contribution < 1.29 is 8.78 Å². The van der Waals surface area contributed by atoms with Gasteiger partial charge in [0.25, 0.3) is 0 Å². The van der Waals surface area contributed by atoms with Crippen molar-refractivity contribution in [2.24, 2.45) is 0 Å². The molecule has 2 atom stereocenters. The summed E-state index contributed by atoms with van der Waals surface area (Å²) in [5, 5.41) is 0.304. The van der Waals surface area contributed by atoms with Crippen LogP contribution in [-0.2, 0) is 0 Å². The molecule has 0 spiro atoms. The first-order valence-corrected chi connectivity index (χ1v) is 7.59. The Bertz CT molecular complexity index is 686. The zero-order valence-corrected chi connectivity index (χ0v) is 12.0. The van der Waals surface area contributed by atoms with Gasteiger partial charge in [0.05, 0.1) is 5.52 Å². The van der Waals surface area contributed by atoms with E-state index in [0.29, 0.717) is 28.9 Å². The second-order valence-corrected chi connectivity index (χ2v) is 6.42. The summed E-state index contributed by atoms with van der Waals surface area (Å²) in [6.45, 7) is 0. The maximum Gasteiger partial charge on any atom is 0.168 e. The molecule has 4 heteroatoms. The standard InChI is InChI=1S/C17H18F2N2/c1-21-12-2-3-13(21)7-10(6-12)11-8-14-16(20-9-11)5-4-15(18)17(14)19/h4-5,8-10,12-13H,2-3,6-7H2,1H3. The van der Waals surface area contributed by atoms with Gasteiger partial charge in [-0.05, 0) is 62.4 Å². The smallest absolute Gasteiger partial charge is 0.168 e. The van der Waals surface area contributed by atoms with Crippen molar-refractivity contribution in [3.05, 3.63) is 41.6 Å². The van der Waals surface area contributed by atoms with Crippen LogP contribution in [0.2, 0.25) is 0 Å². The van der Waals surface area contributed by atoms with Crippen molar-refractivity contribution in [1.29, 1.82) is 0 Å². The maximum absolute atomic E-state index is 13.9. The van der Waals surface area contributed by atoms with E-state index >= 15 is 0 Å². The highest BCUT2D eigenvalue weighted by molar-refractivity contribution is 5.79. The molecule has 0 amide bonds. The van der Waals surface area contributed by atoms with Gasteiger partial charge < -0.3 is 4.90 Å². The normalized spacial score (nSPS) is 29.2. The highest BCUT2D eigenvalue weighted by Crippen LogP contribution is 2.42. The Morgan fingerprint density at radius 1 is 1.14 bits per heavy atom. The van der Waals surface area contributed by atoms with E-state index < -0.39 is 11.6 Å². The molecule has 0 N–H and O–H groups in total. The summed E-state index contributed by atoms with van der Waals surface area (Å²) < 4.78 is 27.3. The molecule has 0 aliphatic carbocycles. The number of benzene rings is 1. The molecule has 2 unspecified atom stereocenters. The minimum absolute atomic E-state index is 0.304. The van der Waals surface area contributed by atoms with Gasteiger partial charge in [-0.2, -0.15) is 0 Å². The summed E-state index contributed by atoms with van der Waals surface area (Å²) in [7, 11) is 2.20. The first-order valence-electron chi connectivity index (χ1n) is 7.59. The van der Waals surface area contributed by atoms with Gasteiger partial charge in [0.1, 0.15) is 0 Å². The molecule has 3 heterocycles. The van der Waals surface area contributed by atoms with E-state index in [0.717, 1.165) is 24.5 Å². The predicted octanol–water partition coefficient (Wildman–Crippen LogP) is 3.85. The van der Waals surface area contributed by atoms with Crippen molar-refractivity contribution in [3.8, 4) is 0 Å². The summed E-state index contributed by atoms with van der Waals surface area (Å²) in [5.74, 6) is -1.17. The summed E-state index contributed by atoms with van der Waals surface area (Å²) in [6, 6.07) is 5.73. The van der Waals surface area contributed by atoms with Crippen molar-refractivity contribution in [2.45, 2.75) is 43.7 Å². The second kappa shape index (κ2) is 4.73. The Morgan fingerprint density at radius 2 is 1.86 bits per heavy atom. The van der Waals surface area contributed by atoms with Crippen molar-refractivity contribution in [3.63, 3.8) is 0 Å². The Labute approximate surface area is 122 Å². The van der Waals surface area contributed by atoms with Gasteiger partial charge in [-0.25, -0.2) is 8.78 Å². The number of halogens is 2. The molecule has 2 bridgehead atoms. The molecular weight excluding hydrogens is 270 g/mol. The molecule has 1 aromatic carbocycles. The van der Waals surface area contributed by atoms with Crippen LogP contribution in [0.15, 0.2) is 24.4 Å². The highest BCUT2D eigenvalue weighted by atomic mass is 19.2. The van der Waals surface area contributed by atoms with E-state index in [4.69, 9.17) is 0 Å². The molecule has 0 saturated carbocycles. The Morgan fingerprint density at radius 3 is 2.57 bits per heavy atom. The molecule has 2 aliphatic rings. The molecule has 2 aliphatic heterocycles. The lowest BCUT2D eigenvalue weighted by Crippen LogP contribution is -2.39. The number of rotatable bonds is 1. The van der Waals surface area contributed by atoms with E-state index in [1.54, 1.807) is 6.07 Å². The Hall–Kier alpha value is -1.55. The largest absolute Gasteiger partial charge is 0.300 e. The number of piperidine rings is 1. The van der Waals surface area contributed by atoms with Gasteiger partial charge in [-0.1, -0.05) is 0 Å². The fourth-order valence-electron chi connectivity index (χ4n) is 4.06. The Kier molecular flexibility index (Phi) is 2.96. The number of nitrogens with zero attached hydrogens (tertiary/aromatic N) is 2. The van der Waals surface area contributed by atoms with E-state index in [1.165, 1.54) is 18.9 Å². The fourth-order valence-corrected chi connectivity index (χ4v) is 4.06. The minimum atomic E-state index is -0.801. The zero-order valence-electron chi connectivity index (χ0n) is 12.0. The van der Waals surface area contributed by atoms with Crippen molar-refractivity contribution in [1.82, 2.24) is 9.88 Å². The van der Waals surface area contributed by atoms with Gasteiger partial charge >= 0.3 is 0 Å². The number of hydrogen-bond donors (Lipinski definition) is 0. The van der Waals surface area contributed by atoms with Gasteiger partial charge in [0, 0.05) is 23.7 Å². The van der Waals surface area contributed by atoms with Crippen LogP contribution in [0.4, 0.5) is 8.78 Å². The molecule has 2 aromatic rings. The lowest BCUT2D eigenvalue weighted by molar-refractivity contribution is 0.161. The predicted molar refractivity (Wildman–Crippen MR) is 78.2 cm³/mol. The molecule has 4 rings (SSSR count). The molecular formula is C17H18F2N2. The average Bonchev–Trinajstić information content (AvgIpc) is 2.73. The van der Waals surface area contributed by atoms with Crippen LogP contribution in [0.5, 0.6) is 0 Å². The second-order valence-electron chi connectivity index (χ2n) is 6.42. The number of pyridine rings is 1. The van der Waals surface area contributed by atoms with Crippen LogP contribution in [0.3, 0.4) is 0 Å². The third kappa shape index (κ3) is 2.04. The molecule has 110 valence electrons. The van der Waals surface area contributed by atoms with E-state index in [2.05, 4.69) is 16.9 Å².